The molecule has 2 amide bonds. The summed E-state index contributed by atoms with van der Waals surface area (Å²) in [5.41, 5.74) is 5.65. The fourth-order valence-corrected chi connectivity index (χ4v) is 3.53. The number of alkyl halides is 3. The van der Waals surface area contributed by atoms with E-state index in [1.165, 1.54) is 24.3 Å². The number of likely N-dealkylation sites (N-methyl/N-ethyl adjacent to an activating group) is 1. The number of aryl methyl sites for hydroxylation is 1. The maximum atomic E-state index is 13.7. The van der Waals surface area contributed by atoms with E-state index in [1.807, 2.05) is 11.9 Å². The van der Waals surface area contributed by atoms with E-state index < -0.39 is 23.6 Å². The molecule has 0 radical (unpaired) electrons. The van der Waals surface area contributed by atoms with Crippen molar-refractivity contribution < 1.29 is 22.8 Å². The van der Waals surface area contributed by atoms with Gasteiger partial charge >= 0.3 is 6.18 Å². The summed E-state index contributed by atoms with van der Waals surface area (Å²) in [7, 11) is 1.98. The Bertz CT molecular complexity index is 983. The van der Waals surface area contributed by atoms with Gasteiger partial charge in [0.2, 0.25) is 5.91 Å². The summed E-state index contributed by atoms with van der Waals surface area (Å²) in [5.74, 6) is -1.30. The molecule has 0 aromatic heterocycles. The van der Waals surface area contributed by atoms with E-state index in [2.05, 4.69) is 10.2 Å². The number of halogens is 3. The molecule has 6 nitrogen and oxygen atoms in total. The van der Waals surface area contributed by atoms with E-state index in [0.29, 0.717) is 18.7 Å². The zero-order valence-electron chi connectivity index (χ0n) is 17.4. The number of piperazine rings is 1. The SMILES string of the molecule is Cc1ccc(C(=O)Nc2ccc(CN3CCN(C)CC3)c(C(F)(F)F)c2)cc1C(N)=O. The van der Waals surface area contributed by atoms with Crippen LogP contribution in [0.4, 0.5) is 18.9 Å². The highest BCUT2D eigenvalue weighted by molar-refractivity contribution is 6.06. The van der Waals surface area contributed by atoms with Crippen LogP contribution in [0.2, 0.25) is 0 Å². The van der Waals surface area contributed by atoms with Crippen molar-refractivity contribution in [2.45, 2.75) is 19.6 Å². The normalized spacial score (nSPS) is 15.6. The van der Waals surface area contributed by atoms with Crippen molar-refractivity contribution in [3.63, 3.8) is 0 Å². The van der Waals surface area contributed by atoms with Gasteiger partial charge in [-0.15, -0.1) is 0 Å². The van der Waals surface area contributed by atoms with Gasteiger partial charge in [-0.1, -0.05) is 12.1 Å². The van der Waals surface area contributed by atoms with Crippen LogP contribution in [0.25, 0.3) is 0 Å². The second-order valence-electron chi connectivity index (χ2n) is 7.80. The summed E-state index contributed by atoms with van der Waals surface area (Å²) in [5, 5.41) is 2.48. The molecule has 1 fully saturated rings. The van der Waals surface area contributed by atoms with Crippen LogP contribution in [0.15, 0.2) is 36.4 Å². The van der Waals surface area contributed by atoms with Crippen LogP contribution in [0, 0.1) is 6.92 Å². The molecule has 2 aromatic carbocycles. The largest absolute Gasteiger partial charge is 0.416 e. The number of nitrogens with zero attached hydrogens (tertiary/aromatic N) is 2. The number of amides is 2. The second-order valence-corrected chi connectivity index (χ2v) is 7.80. The van der Waals surface area contributed by atoms with Gasteiger partial charge < -0.3 is 16.0 Å². The number of rotatable bonds is 5. The van der Waals surface area contributed by atoms with E-state index in [1.54, 1.807) is 13.0 Å². The average Bonchev–Trinajstić information content (AvgIpc) is 2.70. The van der Waals surface area contributed by atoms with Crippen molar-refractivity contribution >= 4 is 17.5 Å². The number of primary amides is 1. The van der Waals surface area contributed by atoms with E-state index in [9.17, 15) is 22.8 Å². The highest BCUT2D eigenvalue weighted by atomic mass is 19.4. The van der Waals surface area contributed by atoms with Crippen molar-refractivity contribution in [3.05, 3.63) is 64.2 Å². The molecule has 31 heavy (non-hydrogen) atoms. The Labute approximate surface area is 178 Å². The highest BCUT2D eigenvalue weighted by Gasteiger charge is 2.34. The van der Waals surface area contributed by atoms with Gasteiger partial charge in [0.1, 0.15) is 0 Å². The number of carbonyl (C=O) groups is 2. The van der Waals surface area contributed by atoms with Gasteiger partial charge in [0.25, 0.3) is 5.91 Å². The summed E-state index contributed by atoms with van der Waals surface area (Å²) in [6.45, 7) is 4.87. The predicted molar refractivity (Wildman–Crippen MR) is 112 cm³/mol. The number of anilines is 1. The molecule has 3 rings (SSSR count). The molecule has 0 spiro atoms. The van der Waals surface area contributed by atoms with Crippen LogP contribution in [0.1, 0.15) is 37.4 Å². The van der Waals surface area contributed by atoms with Crippen LogP contribution in [0.5, 0.6) is 0 Å². The molecule has 1 heterocycles. The smallest absolute Gasteiger partial charge is 0.366 e. The molecule has 3 N–H and O–H groups in total. The lowest BCUT2D eigenvalue weighted by Gasteiger charge is -2.33. The number of hydrogen-bond donors (Lipinski definition) is 2. The van der Waals surface area contributed by atoms with Crippen molar-refractivity contribution in [1.29, 1.82) is 0 Å². The molecular weight excluding hydrogens is 409 g/mol. The monoisotopic (exact) mass is 434 g/mol. The van der Waals surface area contributed by atoms with Crippen molar-refractivity contribution in [2.75, 3.05) is 38.5 Å². The average molecular weight is 434 g/mol. The van der Waals surface area contributed by atoms with E-state index in [0.717, 1.165) is 19.2 Å². The van der Waals surface area contributed by atoms with Gasteiger partial charge in [-0.2, -0.15) is 13.2 Å². The summed E-state index contributed by atoms with van der Waals surface area (Å²) >= 11 is 0. The van der Waals surface area contributed by atoms with Gasteiger partial charge in [-0.3, -0.25) is 14.5 Å². The zero-order chi connectivity index (χ0) is 22.8. The molecule has 1 saturated heterocycles. The van der Waals surface area contributed by atoms with Gasteiger partial charge in [-0.05, 0) is 49.4 Å². The first-order valence-corrected chi connectivity index (χ1v) is 9.87. The summed E-state index contributed by atoms with van der Waals surface area (Å²) < 4.78 is 41.1. The first-order valence-electron chi connectivity index (χ1n) is 9.87. The molecule has 1 aliphatic heterocycles. The third-order valence-corrected chi connectivity index (χ3v) is 5.43. The first-order chi connectivity index (χ1) is 14.5. The van der Waals surface area contributed by atoms with Crippen LogP contribution < -0.4 is 11.1 Å². The third-order valence-electron chi connectivity index (χ3n) is 5.43. The number of nitrogens with two attached hydrogens (primary N) is 1. The Morgan fingerprint density at radius 2 is 1.74 bits per heavy atom. The Kier molecular flexibility index (Phi) is 6.66. The Morgan fingerprint density at radius 1 is 1.06 bits per heavy atom. The van der Waals surface area contributed by atoms with Gasteiger partial charge in [0.15, 0.2) is 0 Å². The summed E-state index contributed by atoms with van der Waals surface area (Å²) in [4.78, 5) is 28.1. The van der Waals surface area contributed by atoms with Crippen LogP contribution in [-0.2, 0) is 12.7 Å². The number of nitrogens with one attached hydrogen (secondary N) is 1. The first kappa shape index (κ1) is 22.8. The quantitative estimate of drug-likeness (QED) is 0.758. The van der Waals surface area contributed by atoms with Crippen LogP contribution in [0.3, 0.4) is 0 Å². The van der Waals surface area contributed by atoms with Crippen LogP contribution >= 0.6 is 0 Å². The Morgan fingerprint density at radius 3 is 2.35 bits per heavy atom. The Hall–Kier alpha value is -2.91. The summed E-state index contributed by atoms with van der Waals surface area (Å²) in [6, 6.07) is 8.20. The minimum Gasteiger partial charge on any atom is -0.366 e. The molecule has 0 bridgehead atoms. The van der Waals surface area contributed by atoms with E-state index in [-0.39, 0.29) is 28.9 Å². The van der Waals surface area contributed by atoms with Gasteiger partial charge in [0.05, 0.1) is 5.56 Å². The number of benzene rings is 2. The lowest BCUT2D eigenvalue weighted by Crippen LogP contribution is -2.44. The lowest BCUT2D eigenvalue weighted by atomic mass is 10.0. The van der Waals surface area contributed by atoms with Gasteiger partial charge in [0, 0.05) is 49.5 Å². The molecular formula is C22H25F3N4O2. The number of hydrogen-bond acceptors (Lipinski definition) is 4. The Balaban J connectivity index is 1.81. The highest BCUT2D eigenvalue weighted by Crippen LogP contribution is 2.34. The molecule has 0 aliphatic carbocycles. The molecule has 9 heteroatoms. The van der Waals surface area contributed by atoms with E-state index >= 15 is 0 Å². The predicted octanol–water partition coefficient (Wildman–Crippen LogP) is 3.11. The zero-order valence-corrected chi connectivity index (χ0v) is 17.4. The molecule has 166 valence electrons. The van der Waals surface area contributed by atoms with Crippen molar-refractivity contribution in [1.82, 2.24) is 9.80 Å². The van der Waals surface area contributed by atoms with Crippen molar-refractivity contribution in [3.8, 4) is 0 Å². The standard InChI is InChI=1S/C22H25F3N4O2/c1-14-3-4-15(11-18(14)20(26)30)21(31)27-17-6-5-16(19(12-17)22(23,24)25)13-29-9-7-28(2)8-10-29/h3-6,11-12H,7-10,13H2,1-2H3,(H2,26,30)(H,27,31). The maximum Gasteiger partial charge on any atom is 0.416 e. The summed E-state index contributed by atoms with van der Waals surface area (Å²) in [6.07, 6.45) is -4.55. The fourth-order valence-electron chi connectivity index (χ4n) is 3.53. The molecule has 1 aliphatic rings. The van der Waals surface area contributed by atoms with Gasteiger partial charge in [-0.25, -0.2) is 0 Å². The minimum absolute atomic E-state index is 0.0284. The molecule has 0 saturated carbocycles. The molecule has 0 unspecified atom stereocenters. The maximum absolute atomic E-state index is 13.7. The van der Waals surface area contributed by atoms with Crippen molar-refractivity contribution in [2.24, 2.45) is 5.73 Å². The lowest BCUT2D eigenvalue weighted by molar-refractivity contribution is -0.138. The fraction of sp³-hybridized carbons (Fsp3) is 0.364. The molecule has 2 aromatic rings. The third kappa shape index (κ3) is 5.62. The second kappa shape index (κ2) is 9.07. The minimum atomic E-state index is -4.55. The number of carbonyl (C=O) groups excluding carboxylic acids is 2. The topological polar surface area (TPSA) is 78.7 Å². The van der Waals surface area contributed by atoms with Crippen LogP contribution in [-0.4, -0.2) is 54.8 Å². The van der Waals surface area contributed by atoms with E-state index in [4.69, 9.17) is 5.73 Å². The molecule has 0 atom stereocenters.